The first-order valence-electron chi connectivity index (χ1n) is 10.0. The zero-order valence-corrected chi connectivity index (χ0v) is 17.0. The van der Waals surface area contributed by atoms with E-state index >= 15 is 0 Å². The maximum absolute atomic E-state index is 10.5. The van der Waals surface area contributed by atoms with E-state index in [1.165, 1.54) is 0 Å². The number of allylic oxidation sites excluding steroid dienone is 2. The van der Waals surface area contributed by atoms with E-state index in [4.69, 9.17) is 16.7 Å². The van der Waals surface area contributed by atoms with Gasteiger partial charge in [-0.1, -0.05) is 44.1 Å². The van der Waals surface area contributed by atoms with Crippen LogP contribution in [-0.4, -0.2) is 50.1 Å². The Balaban J connectivity index is 2.57. The number of aliphatic carboxylic acids is 1. The molecule has 0 spiro atoms. The van der Waals surface area contributed by atoms with E-state index in [-0.39, 0.29) is 24.1 Å². The van der Waals surface area contributed by atoms with E-state index in [1.807, 2.05) is 24.3 Å². The molecule has 1 aliphatic carbocycles. The average Bonchev–Trinajstić information content (AvgIpc) is 2.89. The van der Waals surface area contributed by atoms with Crippen LogP contribution in [0.1, 0.15) is 64.7 Å². The first kappa shape index (κ1) is 24.2. The molecule has 0 radical (unpaired) electrons. The molecule has 27 heavy (non-hydrogen) atoms. The fraction of sp³-hybridized carbons (Fsp3) is 0.762. The minimum Gasteiger partial charge on any atom is -0.481 e. The van der Waals surface area contributed by atoms with Crippen LogP contribution in [0.5, 0.6) is 0 Å². The lowest BCUT2D eigenvalue weighted by Crippen LogP contribution is -2.30. The lowest BCUT2D eigenvalue weighted by Gasteiger charge is -2.25. The molecule has 1 rings (SSSR count). The Morgan fingerprint density at radius 3 is 2.56 bits per heavy atom. The fourth-order valence-corrected chi connectivity index (χ4v) is 3.87. The highest BCUT2D eigenvalue weighted by atomic mass is 35.5. The summed E-state index contributed by atoms with van der Waals surface area (Å²) in [6.45, 7) is 2.07. The molecular weight excluding hydrogens is 368 g/mol. The van der Waals surface area contributed by atoms with Gasteiger partial charge in [0.1, 0.15) is 0 Å². The third-order valence-corrected chi connectivity index (χ3v) is 5.85. The van der Waals surface area contributed by atoms with Gasteiger partial charge < -0.3 is 20.4 Å². The van der Waals surface area contributed by atoms with Crippen molar-refractivity contribution in [2.24, 2.45) is 11.8 Å². The SMILES string of the molecule is CCCCC(O)(CCl)CC=C[C@@H]1[C@@H](CC=CCCCC(=O)O)[C@@H](O)C[C@H]1O. The molecule has 4 N–H and O–H groups in total. The summed E-state index contributed by atoms with van der Waals surface area (Å²) >= 11 is 5.93. The van der Waals surface area contributed by atoms with E-state index < -0.39 is 23.8 Å². The summed E-state index contributed by atoms with van der Waals surface area (Å²) in [5, 5.41) is 39.7. The first-order valence-corrected chi connectivity index (χ1v) is 10.5. The summed E-state index contributed by atoms with van der Waals surface area (Å²) in [7, 11) is 0. The predicted octanol–water partition coefficient (Wildman–Crippen LogP) is 3.65. The second-order valence-electron chi connectivity index (χ2n) is 7.70. The average molecular weight is 403 g/mol. The van der Waals surface area contributed by atoms with Gasteiger partial charge >= 0.3 is 5.97 Å². The van der Waals surface area contributed by atoms with Crippen molar-refractivity contribution in [1.82, 2.24) is 0 Å². The van der Waals surface area contributed by atoms with Gasteiger partial charge in [-0.15, -0.1) is 11.6 Å². The van der Waals surface area contributed by atoms with Crippen LogP contribution < -0.4 is 0 Å². The number of carbonyl (C=O) groups is 1. The highest BCUT2D eigenvalue weighted by Gasteiger charge is 2.39. The number of rotatable bonds is 13. The van der Waals surface area contributed by atoms with E-state index in [0.717, 1.165) is 12.8 Å². The lowest BCUT2D eigenvalue weighted by molar-refractivity contribution is -0.137. The van der Waals surface area contributed by atoms with Gasteiger partial charge in [-0.25, -0.2) is 0 Å². The Hall–Kier alpha value is -0.880. The van der Waals surface area contributed by atoms with Crippen molar-refractivity contribution in [3.63, 3.8) is 0 Å². The topological polar surface area (TPSA) is 98.0 Å². The summed E-state index contributed by atoms with van der Waals surface area (Å²) in [5.41, 5.74) is -0.921. The zero-order valence-electron chi connectivity index (χ0n) is 16.3. The van der Waals surface area contributed by atoms with E-state index in [0.29, 0.717) is 38.5 Å². The molecule has 1 saturated carbocycles. The first-order chi connectivity index (χ1) is 12.8. The largest absolute Gasteiger partial charge is 0.481 e. The molecule has 0 aromatic rings. The maximum Gasteiger partial charge on any atom is 0.303 e. The summed E-state index contributed by atoms with van der Waals surface area (Å²) in [6.07, 6.45) is 12.0. The molecule has 0 heterocycles. The number of aliphatic hydroxyl groups is 3. The number of alkyl halides is 1. The maximum atomic E-state index is 10.5. The van der Waals surface area contributed by atoms with E-state index in [1.54, 1.807) is 0 Å². The smallest absolute Gasteiger partial charge is 0.303 e. The van der Waals surface area contributed by atoms with Crippen molar-refractivity contribution in [2.45, 2.75) is 82.5 Å². The molecule has 0 amide bonds. The van der Waals surface area contributed by atoms with Crippen LogP contribution in [0.3, 0.4) is 0 Å². The number of carboxylic acids is 1. The van der Waals surface area contributed by atoms with Gasteiger partial charge in [0.15, 0.2) is 0 Å². The molecule has 0 saturated heterocycles. The molecule has 1 fully saturated rings. The molecule has 5 nitrogen and oxygen atoms in total. The van der Waals surface area contributed by atoms with Gasteiger partial charge in [0.2, 0.25) is 0 Å². The Morgan fingerprint density at radius 1 is 1.19 bits per heavy atom. The van der Waals surface area contributed by atoms with Crippen molar-refractivity contribution in [3.8, 4) is 0 Å². The summed E-state index contributed by atoms with van der Waals surface area (Å²) < 4.78 is 0. The van der Waals surface area contributed by atoms with Crippen LogP contribution in [0.4, 0.5) is 0 Å². The Bertz CT molecular complexity index is 493. The van der Waals surface area contributed by atoms with Gasteiger partial charge in [0.25, 0.3) is 0 Å². The third kappa shape index (κ3) is 8.77. The quantitative estimate of drug-likeness (QED) is 0.214. The molecular formula is C21H35ClO5. The monoisotopic (exact) mass is 402 g/mol. The highest BCUT2D eigenvalue weighted by molar-refractivity contribution is 6.18. The highest BCUT2D eigenvalue weighted by Crippen LogP contribution is 2.36. The summed E-state index contributed by atoms with van der Waals surface area (Å²) in [6, 6.07) is 0. The van der Waals surface area contributed by atoms with Crippen molar-refractivity contribution in [2.75, 3.05) is 5.88 Å². The van der Waals surface area contributed by atoms with Crippen molar-refractivity contribution in [1.29, 1.82) is 0 Å². The summed E-state index contributed by atoms with van der Waals surface area (Å²) in [5.74, 6) is -0.852. The molecule has 1 aliphatic rings. The van der Waals surface area contributed by atoms with Gasteiger partial charge in [-0.2, -0.15) is 0 Å². The van der Waals surface area contributed by atoms with Crippen LogP contribution in [-0.2, 0) is 4.79 Å². The molecule has 0 aliphatic heterocycles. The standard InChI is InChI=1S/C21H35ClO5/c1-2-3-12-21(27,15-22)13-8-10-17-16(18(23)14-19(17)24)9-6-4-5-7-11-20(25)26/h4,6,8,10,16-19,23-24,27H,2-3,5,7,9,11-15H2,1H3,(H,25,26)/t16-,17-,18+,19-,21?/m1/s1. The second kappa shape index (κ2) is 12.6. The molecule has 6 heteroatoms. The predicted molar refractivity (Wildman–Crippen MR) is 108 cm³/mol. The second-order valence-corrected chi connectivity index (χ2v) is 7.97. The molecule has 0 aromatic heterocycles. The molecule has 156 valence electrons. The van der Waals surface area contributed by atoms with Crippen LogP contribution in [0, 0.1) is 11.8 Å². The van der Waals surface area contributed by atoms with E-state index in [9.17, 15) is 20.1 Å². The van der Waals surface area contributed by atoms with Gasteiger partial charge in [-0.3, -0.25) is 4.79 Å². The van der Waals surface area contributed by atoms with Gasteiger partial charge in [0.05, 0.1) is 23.7 Å². The van der Waals surface area contributed by atoms with Crippen molar-refractivity contribution in [3.05, 3.63) is 24.3 Å². The number of unbranched alkanes of at least 4 members (excludes halogenated alkanes) is 2. The molecule has 0 bridgehead atoms. The fourth-order valence-electron chi connectivity index (χ4n) is 3.62. The van der Waals surface area contributed by atoms with Crippen molar-refractivity contribution >= 4 is 17.6 Å². The third-order valence-electron chi connectivity index (χ3n) is 5.35. The number of hydrogen-bond donors (Lipinski definition) is 4. The van der Waals surface area contributed by atoms with Crippen LogP contribution in [0.15, 0.2) is 24.3 Å². The van der Waals surface area contributed by atoms with Crippen LogP contribution >= 0.6 is 11.6 Å². The van der Waals surface area contributed by atoms with Gasteiger partial charge in [0, 0.05) is 18.8 Å². The van der Waals surface area contributed by atoms with Crippen molar-refractivity contribution < 1.29 is 25.2 Å². The number of carboxylic acid groups (broad SMARTS) is 1. The van der Waals surface area contributed by atoms with Crippen LogP contribution in [0.25, 0.3) is 0 Å². The number of halogens is 1. The lowest BCUT2D eigenvalue weighted by atomic mass is 9.88. The molecule has 0 aromatic carbocycles. The minimum absolute atomic E-state index is 0.0771. The Kier molecular flexibility index (Phi) is 11.2. The Labute approximate surface area is 167 Å². The molecule has 1 unspecified atom stereocenters. The number of hydrogen-bond acceptors (Lipinski definition) is 4. The summed E-state index contributed by atoms with van der Waals surface area (Å²) in [4.78, 5) is 10.5. The zero-order chi connectivity index (χ0) is 20.3. The normalized spacial score (nSPS) is 28.2. The minimum atomic E-state index is -0.921. The van der Waals surface area contributed by atoms with E-state index in [2.05, 4.69) is 6.92 Å². The number of aliphatic hydroxyl groups excluding tert-OH is 2. The molecule has 5 atom stereocenters. The van der Waals surface area contributed by atoms with Crippen LogP contribution in [0.2, 0.25) is 0 Å². The van der Waals surface area contributed by atoms with Gasteiger partial charge in [-0.05, 0) is 38.0 Å². The Morgan fingerprint density at radius 2 is 1.93 bits per heavy atom.